The molecule has 0 spiro atoms. The van der Waals surface area contributed by atoms with Gasteiger partial charge in [-0.1, -0.05) is 13.3 Å². The fraction of sp³-hybridized carbons (Fsp3) is 0.583. The fourth-order valence-corrected chi connectivity index (χ4v) is 1.66. The second-order valence-corrected chi connectivity index (χ2v) is 4.22. The van der Waals surface area contributed by atoms with E-state index in [9.17, 15) is 0 Å². The van der Waals surface area contributed by atoms with Crippen LogP contribution in [-0.2, 0) is 13.0 Å². The maximum Gasteiger partial charge on any atom is 0.126 e. The van der Waals surface area contributed by atoms with Gasteiger partial charge in [0.25, 0.3) is 0 Å². The van der Waals surface area contributed by atoms with E-state index in [4.69, 9.17) is 5.73 Å². The minimum Gasteiger partial charge on any atom is -0.367 e. The molecule has 3 nitrogen and oxygen atoms in total. The van der Waals surface area contributed by atoms with Gasteiger partial charge in [-0.2, -0.15) is 0 Å². The van der Waals surface area contributed by atoms with Crippen LogP contribution in [0.1, 0.15) is 37.4 Å². The number of nitrogens with one attached hydrogen (secondary N) is 1. The lowest BCUT2D eigenvalue weighted by Crippen LogP contribution is -2.07. The Morgan fingerprint density at radius 2 is 2.27 bits per heavy atom. The number of hydrogen-bond donors (Lipinski definition) is 2. The van der Waals surface area contributed by atoms with Crippen LogP contribution in [0.3, 0.4) is 0 Å². The summed E-state index contributed by atoms with van der Waals surface area (Å²) in [6.45, 7) is 2.77. The van der Waals surface area contributed by atoms with Crippen LogP contribution in [0, 0.1) is 0 Å². The van der Waals surface area contributed by atoms with Crippen LogP contribution in [-0.4, -0.2) is 11.0 Å². The van der Waals surface area contributed by atoms with Crippen LogP contribution >= 0.6 is 0 Å². The molecule has 1 aliphatic carbocycles. The van der Waals surface area contributed by atoms with Gasteiger partial charge in [0.05, 0.1) is 0 Å². The summed E-state index contributed by atoms with van der Waals surface area (Å²) in [4.78, 5) is 4.58. The minimum absolute atomic E-state index is 0.596. The molecule has 0 radical (unpaired) electrons. The molecule has 0 bridgehead atoms. The van der Waals surface area contributed by atoms with Crippen LogP contribution in [0.5, 0.6) is 0 Å². The number of aromatic nitrogens is 1. The van der Waals surface area contributed by atoms with Crippen molar-refractivity contribution in [1.29, 1.82) is 0 Å². The third-order valence-electron chi connectivity index (χ3n) is 2.61. The summed E-state index contributed by atoms with van der Waals surface area (Å²) in [6.07, 6.45) is 4.71. The second-order valence-electron chi connectivity index (χ2n) is 4.22. The lowest BCUT2D eigenvalue weighted by Gasteiger charge is -2.08. The highest BCUT2D eigenvalue weighted by molar-refractivity contribution is 5.41. The third-order valence-corrected chi connectivity index (χ3v) is 2.61. The van der Waals surface area contributed by atoms with Gasteiger partial charge in [0.1, 0.15) is 5.82 Å². The first-order valence-electron chi connectivity index (χ1n) is 5.78. The number of pyridine rings is 1. The summed E-state index contributed by atoms with van der Waals surface area (Å²) in [6, 6.07) is 4.83. The fourth-order valence-electron chi connectivity index (χ4n) is 1.66. The zero-order valence-electron chi connectivity index (χ0n) is 9.29. The summed E-state index contributed by atoms with van der Waals surface area (Å²) >= 11 is 0. The van der Waals surface area contributed by atoms with E-state index in [0.717, 1.165) is 24.4 Å². The summed E-state index contributed by atoms with van der Waals surface area (Å²) < 4.78 is 0. The van der Waals surface area contributed by atoms with Crippen LogP contribution in [0.2, 0.25) is 0 Å². The Kier molecular flexibility index (Phi) is 3.21. The zero-order valence-corrected chi connectivity index (χ0v) is 9.29. The van der Waals surface area contributed by atoms with Crippen molar-refractivity contribution in [2.24, 2.45) is 5.73 Å². The first-order valence-corrected chi connectivity index (χ1v) is 5.78. The van der Waals surface area contributed by atoms with E-state index in [0.29, 0.717) is 12.6 Å². The van der Waals surface area contributed by atoms with Gasteiger partial charge in [0.2, 0.25) is 0 Å². The largest absolute Gasteiger partial charge is 0.367 e. The third kappa shape index (κ3) is 2.93. The molecule has 2 rings (SSSR count). The minimum atomic E-state index is 0.596. The van der Waals surface area contributed by atoms with Crippen molar-refractivity contribution < 1.29 is 0 Å². The summed E-state index contributed by atoms with van der Waals surface area (Å²) in [5, 5.41) is 3.42. The van der Waals surface area contributed by atoms with E-state index >= 15 is 0 Å². The molecule has 82 valence electrons. The molecule has 1 fully saturated rings. The SMILES string of the molecule is CCCc1cc(CN)cc(NC2CC2)n1. The maximum absolute atomic E-state index is 5.67. The van der Waals surface area contributed by atoms with E-state index in [-0.39, 0.29) is 0 Å². The van der Waals surface area contributed by atoms with E-state index in [2.05, 4.69) is 29.4 Å². The summed E-state index contributed by atoms with van der Waals surface area (Å²) in [7, 11) is 0. The Hall–Kier alpha value is -1.09. The molecular weight excluding hydrogens is 186 g/mol. The highest BCUT2D eigenvalue weighted by Crippen LogP contribution is 2.24. The van der Waals surface area contributed by atoms with Gasteiger partial charge in [-0.05, 0) is 37.0 Å². The van der Waals surface area contributed by atoms with Crippen LogP contribution in [0.25, 0.3) is 0 Å². The molecule has 0 saturated heterocycles. The highest BCUT2D eigenvalue weighted by atomic mass is 15.0. The molecule has 1 saturated carbocycles. The average Bonchev–Trinajstić information content (AvgIpc) is 3.02. The number of nitrogens with zero attached hydrogens (tertiary/aromatic N) is 1. The van der Waals surface area contributed by atoms with Crippen molar-refractivity contribution in [3.8, 4) is 0 Å². The molecule has 0 amide bonds. The van der Waals surface area contributed by atoms with Crippen LogP contribution in [0.4, 0.5) is 5.82 Å². The number of aryl methyl sites for hydroxylation is 1. The van der Waals surface area contributed by atoms with Crippen molar-refractivity contribution >= 4 is 5.82 Å². The monoisotopic (exact) mass is 205 g/mol. The molecule has 3 heteroatoms. The van der Waals surface area contributed by atoms with Gasteiger partial charge in [-0.15, -0.1) is 0 Å². The quantitative estimate of drug-likeness (QED) is 0.773. The lowest BCUT2D eigenvalue weighted by atomic mass is 10.1. The van der Waals surface area contributed by atoms with E-state index in [1.54, 1.807) is 0 Å². The average molecular weight is 205 g/mol. The molecule has 1 aromatic rings. The summed E-state index contributed by atoms with van der Waals surface area (Å²) in [5.74, 6) is 1.00. The predicted octanol–water partition coefficient (Wildman–Crippen LogP) is 2.07. The Bertz CT molecular complexity index is 332. The number of rotatable bonds is 5. The van der Waals surface area contributed by atoms with Gasteiger partial charge in [0, 0.05) is 18.3 Å². The smallest absolute Gasteiger partial charge is 0.126 e. The molecule has 3 N–H and O–H groups in total. The summed E-state index contributed by atoms with van der Waals surface area (Å²) in [5.41, 5.74) is 8.01. The normalized spacial score (nSPS) is 15.3. The zero-order chi connectivity index (χ0) is 10.7. The lowest BCUT2D eigenvalue weighted by molar-refractivity contribution is 0.873. The second kappa shape index (κ2) is 4.62. The van der Waals surface area contributed by atoms with E-state index in [1.165, 1.54) is 18.4 Å². The van der Waals surface area contributed by atoms with Crippen LogP contribution in [0.15, 0.2) is 12.1 Å². The van der Waals surface area contributed by atoms with Gasteiger partial charge < -0.3 is 11.1 Å². The molecule has 0 aliphatic heterocycles. The Morgan fingerprint density at radius 1 is 1.47 bits per heavy atom. The molecule has 0 atom stereocenters. The van der Waals surface area contributed by atoms with Crippen molar-refractivity contribution in [3.05, 3.63) is 23.4 Å². The Labute approximate surface area is 91.1 Å². The highest BCUT2D eigenvalue weighted by Gasteiger charge is 2.21. The van der Waals surface area contributed by atoms with Crippen LogP contribution < -0.4 is 11.1 Å². The van der Waals surface area contributed by atoms with Crippen molar-refractivity contribution in [1.82, 2.24) is 4.98 Å². The van der Waals surface area contributed by atoms with Crippen molar-refractivity contribution in [2.75, 3.05) is 5.32 Å². The van der Waals surface area contributed by atoms with E-state index < -0.39 is 0 Å². The molecule has 1 aromatic heterocycles. The standard InChI is InChI=1S/C12H19N3/c1-2-3-11-6-9(8-13)7-12(15-11)14-10-4-5-10/h6-7,10H,2-5,8,13H2,1H3,(H,14,15). The molecule has 0 aromatic carbocycles. The van der Waals surface area contributed by atoms with Gasteiger partial charge in [0.15, 0.2) is 0 Å². The van der Waals surface area contributed by atoms with Crippen molar-refractivity contribution in [2.45, 2.75) is 45.2 Å². The first kappa shape index (κ1) is 10.4. The number of anilines is 1. The number of hydrogen-bond acceptors (Lipinski definition) is 3. The molecular formula is C12H19N3. The molecule has 0 unspecified atom stereocenters. The maximum atomic E-state index is 5.67. The van der Waals surface area contributed by atoms with Gasteiger partial charge >= 0.3 is 0 Å². The molecule has 1 heterocycles. The Morgan fingerprint density at radius 3 is 2.87 bits per heavy atom. The Balaban J connectivity index is 2.15. The van der Waals surface area contributed by atoms with Gasteiger partial charge in [-0.25, -0.2) is 4.98 Å². The van der Waals surface area contributed by atoms with E-state index in [1.807, 2.05) is 0 Å². The van der Waals surface area contributed by atoms with Gasteiger partial charge in [-0.3, -0.25) is 0 Å². The molecule has 1 aliphatic rings. The first-order chi connectivity index (χ1) is 7.31. The number of nitrogens with two attached hydrogens (primary N) is 1. The van der Waals surface area contributed by atoms with Crippen molar-refractivity contribution in [3.63, 3.8) is 0 Å². The topological polar surface area (TPSA) is 50.9 Å². The predicted molar refractivity (Wildman–Crippen MR) is 62.8 cm³/mol. The molecule has 15 heavy (non-hydrogen) atoms.